The lowest BCUT2D eigenvalue weighted by molar-refractivity contribution is 0.181. The Kier molecular flexibility index (Phi) is 3.44. The van der Waals surface area contributed by atoms with Crippen LogP contribution in [0.15, 0.2) is 35.3 Å². The van der Waals surface area contributed by atoms with Gasteiger partial charge >= 0.3 is 0 Å². The summed E-state index contributed by atoms with van der Waals surface area (Å²) >= 11 is 0. The summed E-state index contributed by atoms with van der Waals surface area (Å²) in [6.45, 7) is 2.11. The van der Waals surface area contributed by atoms with Crippen molar-refractivity contribution in [3.05, 3.63) is 35.9 Å². The van der Waals surface area contributed by atoms with E-state index in [0.717, 1.165) is 19.3 Å². The molecule has 0 saturated carbocycles. The van der Waals surface area contributed by atoms with Crippen molar-refractivity contribution in [3.63, 3.8) is 0 Å². The summed E-state index contributed by atoms with van der Waals surface area (Å²) in [4.78, 5) is 4.33. The molecule has 0 amide bonds. The zero-order valence-corrected chi connectivity index (χ0v) is 9.60. The molecule has 0 fully saturated rings. The number of nitrogens with two attached hydrogens (primary N) is 1. The molecule has 1 heterocycles. The number of nitrogens with zero attached hydrogens (tertiary/aromatic N) is 1. The fourth-order valence-electron chi connectivity index (χ4n) is 2.08. The lowest BCUT2D eigenvalue weighted by Gasteiger charge is -2.14. The molecule has 1 aliphatic rings. The first-order valence-corrected chi connectivity index (χ1v) is 5.83. The van der Waals surface area contributed by atoms with Crippen molar-refractivity contribution in [3.8, 4) is 0 Å². The Balaban J connectivity index is 1.90. The number of aliphatic imine (C=N–C) groups is 1. The molecule has 2 rings (SSSR count). The number of hydrogen-bond donors (Lipinski definition) is 1. The average molecular weight is 218 g/mol. The first-order valence-electron chi connectivity index (χ1n) is 5.83. The van der Waals surface area contributed by atoms with E-state index in [1.165, 1.54) is 5.56 Å². The van der Waals surface area contributed by atoms with E-state index in [2.05, 4.69) is 36.2 Å². The van der Waals surface area contributed by atoms with Gasteiger partial charge in [0.1, 0.15) is 6.10 Å². The van der Waals surface area contributed by atoms with Crippen LogP contribution in [0.4, 0.5) is 0 Å². The smallest absolute Gasteiger partial charge is 0.282 e. The van der Waals surface area contributed by atoms with Crippen LogP contribution in [0.1, 0.15) is 25.3 Å². The van der Waals surface area contributed by atoms with Crippen molar-refractivity contribution in [1.29, 1.82) is 0 Å². The van der Waals surface area contributed by atoms with Crippen molar-refractivity contribution in [1.82, 2.24) is 0 Å². The molecule has 1 aliphatic heterocycles. The summed E-state index contributed by atoms with van der Waals surface area (Å²) in [5, 5.41) is 0. The summed E-state index contributed by atoms with van der Waals surface area (Å²) in [5.74, 6) is 0. The lowest BCUT2D eigenvalue weighted by Crippen LogP contribution is -2.23. The van der Waals surface area contributed by atoms with Crippen molar-refractivity contribution in [2.75, 3.05) is 0 Å². The maximum absolute atomic E-state index is 5.59. The van der Waals surface area contributed by atoms with Gasteiger partial charge in [-0.05, 0) is 24.8 Å². The molecule has 0 aliphatic carbocycles. The molecule has 0 aromatic heterocycles. The Bertz CT molecular complexity index is 361. The van der Waals surface area contributed by atoms with Crippen LogP contribution in [0.3, 0.4) is 0 Å². The monoisotopic (exact) mass is 218 g/mol. The number of hydrogen-bond acceptors (Lipinski definition) is 3. The summed E-state index contributed by atoms with van der Waals surface area (Å²) in [6, 6.07) is 11.0. The van der Waals surface area contributed by atoms with E-state index in [1.807, 2.05) is 6.07 Å². The highest BCUT2D eigenvalue weighted by molar-refractivity contribution is 5.73. The van der Waals surface area contributed by atoms with Gasteiger partial charge in [0.15, 0.2) is 0 Å². The third-order valence-electron chi connectivity index (χ3n) is 2.97. The molecule has 86 valence electrons. The predicted molar refractivity (Wildman–Crippen MR) is 65.3 cm³/mol. The van der Waals surface area contributed by atoms with Crippen LogP contribution in [0.5, 0.6) is 0 Å². The molecule has 2 unspecified atom stereocenters. The Morgan fingerprint density at radius 1 is 1.31 bits per heavy atom. The minimum Gasteiger partial charge on any atom is -0.460 e. The molecule has 2 atom stereocenters. The summed E-state index contributed by atoms with van der Waals surface area (Å²) in [5.41, 5.74) is 6.93. The van der Waals surface area contributed by atoms with Crippen LogP contribution in [0.25, 0.3) is 0 Å². The van der Waals surface area contributed by atoms with Gasteiger partial charge in [0, 0.05) is 0 Å². The fourth-order valence-corrected chi connectivity index (χ4v) is 2.08. The van der Waals surface area contributed by atoms with Gasteiger partial charge in [0.2, 0.25) is 0 Å². The molecule has 3 nitrogen and oxygen atoms in total. The zero-order valence-electron chi connectivity index (χ0n) is 9.60. The number of amidine groups is 1. The Hall–Kier alpha value is -1.51. The van der Waals surface area contributed by atoms with Gasteiger partial charge in [0.05, 0.1) is 6.04 Å². The maximum Gasteiger partial charge on any atom is 0.282 e. The van der Waals surface area contributed by atoms with Crippen molar-refractivity contribution in [2.24, 2.45) is 10.7 Å². The van der Waals surface area contributed by atoms with E-state index >= 15 is 0 Å². The number of aryl methyl sites for hydroxylation is 1. The van der Waals surface area contributed by atoms with E-state index in [9.17, 15) is 0 Å². The van der Waals surface area contributed by atoms with E-state index in [-0.39, 0.29) is 12.1 Å². The zero-order chi connectivity index (χ0) is 11.4. The number of benzene rings is 1. The first kappa shape index (κ1) is 11.0. The van der Waals surface area contributed by atoms with Crippen LogP contribution in [-0.2, 0) is 11.2 Å². The maximum atomic E-state index is 5.59. The minimum atomic E-state index is 0.170. The molecule has 0 spiro atoms. The van der Waals surface area contributed by atoms with Crippen LogP contribution in [0, 0.1) is 0 Å². The van der Waals surface area contributed by atoms with Crippen molar-refractivity contribution in [2.45, 2.75) is 38.3 Å². The first-order chi connectivity index (χ1) is 7.79. The molecule has 0 saturated heterocycles. The third kappa shape index (κ3) is 2.54. The molecule has 1 aromatic rings. The van der Waals surface area contributed by atoms with Crippen LogP contribution < -0.4 is 5.73 Å². The van der Waals surface area contributed by atoms with E-state index in [4.69, 9.17) is 10.5 Å². The largest absolute Gasteiger partial charge is 0.460 e. The van der Waals surface area contributed by atoms with Gasteiger partial charge in [0.25, 0.3) is 6.02 Å². The van der Waals surface area contributed by atoms with Crippen molar-refractivity contribution < 1.29 is 4.74 Å². The van der Waals surface area contributed by atoms with E-state index < -0.39 is 0 Å². The van der Waals surface area contributed by atoms with Crippen LogP contribution >= 0.6 is 0 Å². The van der Waals surface area contributed by atoms with Gasteiger partial charge < -0.3 is 10.5 Å². The Morgan fingerprint density at radius 2 is 2.06 bits per heavy atom. The highest BCUT2D eigenvalue weighted by Gasteiger charge is 2.27. The van der Waals surface area contributed by atoms with Crippen molar-refractivity contribution >= 4 is 6.02 Å². The van der Waals surface area contributed by atoms with Gasteiger partial charge in [-0.25, -0.2) is 4.99 Å². The highest BCUT2D eigenvalue weighted by Crippen LogP contribution is 2.19. The summed E-state index contributed by atoms with van der Waals surface area (Å²) in [6.07, 6.45) is 3.17. The second-order valence-corrected chi connectivity index (χ2v) is 4.12. The lowest BCUT2D eigenvalue weighted by atomic mass is 10.0. The van der Waals surface area contributed by atoms with Gasteiger partial charge in [-0.1, -0.05) is 37.3 Å². The second-order valence-electron chi connectivity index (χ2n) is 4.12. The van der Waals surface area contributed by atoms with Gasteiger partial charge in [-0.2, -0.15) is 0 Å². The molecule has 3 heteroatoms. The predicted octanol–water partition coefficient (Wildman–Crippen LogP) is 2.11. The number of ether oxygens (including phenoxy) is 1. The SMILES string of the molecule is CCC1OC(N)=NC1CCc1ccccc1. The van der Waals surface area contributed by atoms with Crippen LogP contribution in [-0.4, -0.2) is 18.2 Å². The molecule has 1 aromatic carbocycles. The molecular weight excluding hydrogens is 200 g/mol. The third-order valence-corrected chi connectivity index (χ3v) is 2.97. The van der Waals surface area contributed by atoms with Gasteiger partial charge in [-0.15, -0.1) is 0 Å². The molecule has 0 bridgehead atoms. The van der Waals surface area contributed by atoms with E-state index in [1.54, 1.807) is 0 Å². The summed E-state index contributed by atoms with van der Waals surface area (Å²) in [7, 11) is 0. The standard InChI is InChI=1S/C13H18N2O/c1-2-12-11(15-13(14)16-12)9-8-10-6-4-3-5-7-10/h3-7,11-12H,2,8-9H2,1H3,(H2,14,15). The number of rotatable bonds is 4. The molecule has 16 heavy (non-hydrogen) atoms. The normalized spacial score (nSPS) is 23.9. The van der Waals surface area contributed by atoms with Crippen LogP contribution in [0.2, 0.25) is 0 Å². The Labute approximate surface area is 96.3 Å². The second kappa shape index (κ2) is 5.01. The fraction of sp³-hybridized carbons (Fsp3) is 0.462. The summed E-state index contributed by atoms with van der Waals surface area (Å²) < 4.78 is 5.44. The topological polar surface area (TPSA) is 47.6 Å². The highest BCUT2D eigenvalue weighted by atomic mass is 16.5. The van der Waals surface area contributed by atoms with Gasteiger partial charge in [-0.3, -0.25) is 0 Å². The molecule has 0 radical (unpaired) electrons. The average Bonchev–Trinajstić information content (AvgIpc) is 2.68. The molecule has 2 N–H and O–H groups in total. The molecular formula is C13H18N2O. The quantitative estimate of drug-likeness (QED) is 0.841. The van der Waals surface area contributed by atoms with E-state index in [0.29, 0.717) is 6.02 Å². The minimum absolute atomic E-state index is 0.170. The Morgan fingerprint density at radius 3 is 2.75 bits per heavy atom.